The van der Waals surface area contributed by atoms with Gasteiger partial charge in [0.15, 0.2) is 11.5 Å². The highest BCUT2D eigenvalue weighted by Crippen LogP contribution is 2.32. The molecule has 1 aliphatic rings. The van der Waals surface area contributed by atoms with Gasteiger partial charge in [-0.25, -0.2) is 9.88 Å². The van der Waals surface area contributed by atoms with Crippen LogP contribution in [0.15, 0.2) is 65.8 Å². The standard InChI is InChI=1S/C17H15N5O2S/c23-22(24)14-8-4-7-13(11-14)16-18-19-17-21(16)20-15(25-17)10-9-12-5-2-1-3-6-12/h1-11,15,20,22-23H/t15-/m0/s1. The van der Waals surface area contributed by atoms with E-state index in [1.165, 1.54) is 0 Å². The van der Waals surface area contributed by atoms with Crippen LogP contribution < -0.4 is 10.7 Å². The number of fused-ring (bicyclic) bond motifs is 1. The van der Waals surface area contributed by atoms with Gasteiger partial charge in [0.05, 0.1) is 0 Å². The Labute approximate surface area is 148 Å². The minimum Gasteiger partial charge on any atom is -0.595 e. The van der Waals surface area contributed by atoms with Gasteiger partial charge in [-0.2, -0.15) is 5.23 Å². The van der Waals surface area contributed by atoms with Crippen LogP contribution in [0.2, 0.25) is 0 Å². The van der Waals surface area contributed by atoms with Crippen LogP contribution in [0, 0.1) is 5.21 Å². The lowest BCUT2D eigenvalue weighted by Crippen LogP contribution is -2.99. The van der Waals surface area contributed by atoms with E-state index in [1.54, 1.807) is 34.6 Å². The molecule has 1 unspecified atom stereocenters. The molecular weight excluding hydrogens is 338 g/mol. The maximum Gasteiger partial charge on any atom is 0.212 e. The predicted molar refractivity (Wildman–Crippen MR) is 95.7 cm³/mol. The first-order chi connectivity index (χ1) is 12.2. The van der Waals surface area contributed by atoms with E-state index >= 15 is 0 Å². The molecule has 25 heavy (non-hydrogen) atoms. The smallest absolute Gasteiger partial charge is 0.212 e. The van der Waals surface area contributed by atoms with Crippen molar-refractivity contribution in [3.63, 3.8) is 0 Å². The van der Waals surface area contributed by atoms with Crippen molar-refractivity contribution in [3.05, 3.63) is 71.4 Å². The number of thioether (sulfide) groups is 1. The number of nitrogens with zero attached hydrogens (tertiary/aromatic N) is 3. The summed E-state index contributed by atoms with van der Waals surface area (Å²) >= 11 is 1.56. The number of benzene rings is 2. The van der Waals surface area contributed by atoms with Gasteiger partial charge in [0.1, 0.15) is 5.37 Å². The lowest BCUT2D eigenvalue weighted by Gasteiger charge is -2.12. The zero-order valence-corrected chi connectivity index (χ0v) is 13.9. The monoisotopic (exact) mass is 353 g/mol. The van der Waals surface area contributed by atoms with Crippen molar-refractivity contribution in [2.45, 2.75) is 10.5 Å². The summed E-state index contributed by atoms with van der Waals surface area (Å²) in [6, 6.07) is 16.7. The van der Waals surface area contributed by atoms with E-state index in [2.05, 4.69) is 27.8 Å². The van der Waals surface area contributed by atoms with Gasteiger partial charge < -0.3 is 10.6 Å². The SMILES string of the molecule is [O-][NH+](O)c1cccc(-c2nnc3n2N[C@H](C=Cc2ccccc2)S3)c1. The lowest BCUT2D eigenvalue weighted by molar-refractivity contribution is -0.991. The average molecular weight is 353 g/mol. The highest BCUT2D eigenvalue weighted by molar-refractivity contribution is 8.00. The molecule has 2 aromatic carbocycles. The molecule has 3 N–H and O–H groups in total. The fourth-order valence-electron chi connectivity index (χ4n) is 2.55. The van der Waals surface area contributed by atoms with Crippen molar-refractivity contribution in [3.8, 4) is 11.4 Å². The Morgan fingerprint density at radius 2 is 2.00 bits per heavy atom. The Morgan fingerprint density at radius 1 is 1.16 bits per heavy atom. The number of rotatable bonds is 4. The summed E-state index contributed by atoms with van der Waals surface area (Å²) in [5, 5.41) is 28.5. The van der Waals surface area contributed by atoms with Gasteiger partial charge >= 0.3 is 0 Å². The zero-order chi connectivity index (χ0) is 17.2. The Morgan fingerprint density at radius 3 is 2.80 bits per heavy atom. The first kappa shape index (κ1) is 15.9. The van der Waals surface area contributed by atoms with Crippen LogP contribution in [0.5, 0.6) is 0 Å². The van der Waals surface area contributed by atoms with Crippen LogP contribution >= 0.6 is 11.8 Å². The van der Waals surface area contributed by atoms with Gasteiger partial charge in [-0.05, 0) is 11.6 Å². The maximum atomic E-state index is 11.2. The van der Waals surface area contributed by atoms with Crippen LogP contribution in [0.3, 0.4) is 0 Å². The Kier molecular flexibility index (Phi) is 4.24. The van der Waals surface area contributed by atoms with Crippen molar-refractivity contribution in [1.82, 2.24) is 14.9 Å². The molecule has 4 rings (SSSR count). The first-order valence-electron chi connectivity index (χ1n) is 7.66. The fraction of sp³-hybridized carbons (Fsp3) is 0.0588. The highest BCUT2D eigenvalue weighted by Gasteiger charge is 2.25. The van der Waals surface area contributed by atoms with Gasteiger partial charge in [-0.15, -0.1) is 10.2 Å². The first-order valence-corrected chi connectivity index (χ1v) is 8.54. The summed E-state index contributed by atoms with van der Waals surface area (Å²) in [6.07, 6.45) is 4.11. The zero-order valence-electron chi connectivity index (χ0n) is 13.0. The topological polar surface area (TPSA) is 90.5 Å². The minimum atomic E-state index is -0.964. The van der Waals surface area contributed by atoms with E-state index in [-0.39, 0.29) is 11.1 Å². The largest absolute Gasteiger partial charge is 0.595 e. The van der Waals surface area contributed by atoms with E-state index < -0.39 is 5.23 Å². The van der Waals surface area contributed by atoms with E-state index in [0.29, 0.717) is 11.4 Å². The van der Waals surface area contributed by atoms with Crippen LogP contribution in [0.25, 0.3) is 17.5 Å². The maximum absolute atomic E-state index is 11.2. The normalized spacial score (nSPS) is 17.4. The molecule has 2 atom stereocenters. The molecule has 1 aromatic heterocycles. The van der Waals surface area contributed by atoms with Crippen LogP contribution in [-0.4, -0.2) is 25.5 Å². The van der Waals surface area contributed by atoms with Gasteiger partial charge in [-0.1, -0.05) is 60.3 Å². The molecule has 0 radical (unpaired) electrons. The number of quaternary nitrogens is 1. The van der Waals surface area contributed by atoms with Crippen LogP contribution in [-0.2, 0) is 0 Å². The number of hydrogen-bond acceptors (Lipinski definition) is 6. The third kappa shape index (κ3) is 3.28. The Balaban J connectivity index is 1.56. The van der Waals surface area contributed by atoms with Gasteiger partial charge in [0.25, 0.3) is 0 Å². The molecule has 7 nitrogen and oxygen atoms in total. The molecule has 0 amide bonds. The molecule has 3 aromatic rings. The molecule has 8 heteroatoms. The van der Waals surface area contributed by atoms with Crippen molar-refractivity contribution in [2.24, 2.45) is 0 Å². The highest BCUT2D eigenvalue weighted by atomic mass is 32.2. The second-order valence-electron chi connectivity index (χ2n) is 5.46. The third-order valence-electron chi connectivity index (χ3n) is 3.75. The van der Waals surface area contributed by atoms with Crippen molar-refractivity contribution in [1.29, 1.82) is 0 Å². The molecule has 1 aliphatic heterocycles. The average Bonchev–Trinajstić information content (AvgIpc) is 3.21. The molecule has 0 fully saturated rings. The summed E-state index contributed by atoms with van der Waals surface area (Å²) in [5.41, 5.74) is 5.38. The van der Waals surface area contributed by atoms with E-state index in [9.17, 15) is 5.21 Å². The van der Waals surface area contributed by atoms with Crippen LogP contribution in [0.1, 0.15) is 5.56 Å². The van der Waals surface area contributed by atoms with Crippen molar-refractivity contribution >= 4 is 23.5 Å². The second kappa shape index (κ2) is 6.69. The van der Waals surface area contributed by atoms with Crippen molar-refractivity contribution in [2.75, 3.05) is 5.43 Å². The summed E-state index contributed by atoms with van der Waals surface area (Å²) in [7, 11) is 0. The minimum absolute atomic E-state index is 0.0344. The second-order valence-corrected chi connectivity index (χ2v) is 6.57. The molecule has 0 spiro atoms. The van der Waals surface area contributed by atoms with E-state index in [0.717, 1.165) is 10.7 Å². The van der Waals surface area contributed by atoms with E-state index in [4.69, 9.17) is 5.21 Å². The third-order valence-corrected chi connectivity index (χ3v) is 4.74. The predicted octanol–water partition coefficient (Wildman–Crippen LogP) is 2.04. The number of hydrogen-bond donors (Lipinski definition) is 3. The quantitative estimate of drug-likeness (QED) is 0.622. The van der Waals surface area contributed by atoms with Crippen molar-refractivity contribution < 1.29 is 10.4 Å². The fourth-order valence-corrected chi connectivity index (χ4v) is 3.43. The summed E-state index contributed by atoms with van der Waals surface area (Å²) in [4.78, 5) is 0. The molecule has 126 valence electrons. The molecule has 0 aliphatic carbocycles. The van der Waals surface area contributed by atoms with Crippen LogP contribution in [0.4, 0.5) is 5.69 Å². The molecule has 2 heterocycles. The number of nitrogens with one attached hydrogen (secondary N) is 2. The summed E-state index contributed by atoms with van der Waals surface area (Å²) < 4.78 is 1.80. The van der Waals surface area contributed by atoms with Gasteiger partial charge in [-0.3, -0.25) is 0 Å². The summed E-state index contributed by atoms with van der Waals surface area (Å²) in [6.45, 7) is 0. The molecule has 0 saturated heterocycles. The lowest BCUT2D eigenvalue weighted by atomic mass is 10.2. The number of aromatic nitrogens is 3. The Hall–Kier alpha value is -2.65. The molecular formula is C17H15N5O2S. The van der Waals surface area contributed by atoms with Gasteiger partial charge in [0, 0.05) is 17.7 Å². The van der Waals surface area contributed by atoms with E-state index in [1.807, 2.05) is 36.4 Å². The summed E-state index contributed by atoms with van der Waals surface area (Å²) in [5.74, 6) is 0.598. The molecule has 0 saturated carbocycles. The molecule has 0 bridgehead atoms. The Bertz CT molecular complexity index is 910. The van der Waals surface area contributed by atoms with Gasteiger partial charge in [0.2, 0.25) is 5.16 Å².